The van der Waals surface area contributed by atoms with E-state index in [4.69, 9.17) is 14.2 Å². The van der Waals surface area contributed by atoms with Crippen LogP contribution < -0.4 is 0 Å². The molecule has 4 nitrogen and oxygen atoms in total. The fourth-order valence-electron chi connectivity index (χ4n) is 0.926. The van der Waals surface area contributed by atoms with Crippen molar-refractivity contribution in [2.24, 2.45) is 0 Å². The number of methoxy groups -OCH3 is 1. The molecule has 0 N–H and O–H groups in total. The van der Waals surface area contributed by atoms with Gasteiger partial charge in [-0.15, -0.1) is 6.58 Å². The SMILES string of the molecule is C=CCOCOC(=O)C(=C)CCC(C)OC. The van der Waals surface area contributed by atoms with Gasteiger partial charge in [0.05, 0.1) is 12.7 Å². The molecule has 0 aromatic rings. The third kappa shape index (κ3) is 7.20. The number of esters is 1. The first kappa shape index (κ1) is 14.9. The molecule has 0 saturated heterocycles. The van der Waals surface area contributed by atoms with E-state index in [0.29, 0.717) is 18.6 Å². The van der Waals surface area contributed by atoms with Crippen molar-refractivity contribution in [2.75, 3.05) is 20.5 Å². The molecule has 0 aromatic heterocycles. The van der Waals surface area contributed by atoms with Crippen LogP contribution in [-0.4, -0.2) is 32.6 Å². The number of hydrogen-bond donors (Lipinski definition) is 0. The summed E-state index contributed by atoms with van der Waals surface area (Å²) in [5, 5.41) is 0. The van der Waals surface area contributed by atoms with Gasteiger partial charge in [-0.3, -0.25) is 0 Å². The lowest BCUT2D eigenvalue weighted by atomic mass is 10.1. The molecule has 1 atom stereocenters. The van der Waals surface area contributed by atoms with Crippen molar-refractivity contribution >= 4 is 5.97 Å². The Bertz CT molecular complexity index is 235. The van der Waals surface area contributed by atoms with Crippen molar-refractivity contribution in [3.05, 3.63) is 24.8 Å². The van der Waals surface area contributed by atoms with Crippen LogP contribution in [0.2, 0.25) is 0 Å². The maximum atomic E-state index is 11.3. The lowest BCUT2D eigenvalue weighted by Crippen LogP contribution is -2.12. The molecule has 0 fully saturated rings. The molecule has 0 amide bonds. The summed E-state index contributed by atoms with van der Waals surface area (Å²) in [5.41, 5.74) is 0.436. The number of carbonyl (C=O) groups excluding carboxylic acids is 1. The van der Waals surface area contributed by atoms with Crippen LogP contribution in [-0.2, 0) is 19.0 Å². The molecule has 0 saturated carbocycles. The van der Waals surface area contributed by atoms with E-state index in [1.807, 2.05) is 6.92 Å². The molecule has 0 heterocycles. The summed E-state index contributed by atoms with van der Waals surface area (Å²) in [6.07, 6.45) is 3.01. The van der Waals surface area contributed by atoms with Gasteiger partial charge >= 0.3 is 5.97 Å². The van der Waals surface area contributed by atoms with Gasteiger partial charge in [0.1, 0.15) is 0 Å². The van der Waals surface area contributed by atoms with Crippen molar-refractivity contribution in [1.29, 1.82) is 0 Å². The van der Waals surface area contributed by atoms with Gasteiger partial charge in [0.2, 0.25) is 0 Å². The summed E-state index contributed by atoms with van der Waals surface area (Å²) in [5.74, 6) is -0.424. The van der Waals surface area contributed by atoms with Crippen molar-refractivity contribution in [2.45, 2.75) is 25.9 Å². The van der Waals surface area contributed by atoms with E-state index in [2.05, 4.69) is 13.2 Å². The standard InChI is InChI=1S/C12H20O4/c1-5-8-15-9-16-12(13)10(2)6-7-11(3)14-4/h5,11H,1-2,6-9H2,3-4H3. The highest BCUT2D eigenvalue weighted by Gasteiger charge is 2.10. The monoisotopic (exact) mass is 228 g/mol. The lowest BCUT2D eigenvalue weighted by Gasteiger charge is -2.10. The molecule has 4 heteroatoms. The highest BCUT2D eigenvalue weighted by atomic mass is 16.7. The Kier molecular flexibility index (Phi) is 8.48. The van der Waals surface area contributed by atoms with E-state index in [9.17, 15) is 4.79 Å². The van der Waals surface area contributed by atoms with Crippen LogP contribution in [0.5, 0.6) is 0 Å². The van der Waals surface area contributed by atoms with Crippen molar-refractivity contribution in [1.82, 2.24) is 0 Å². The van der Waals surface area contributed by atoms with E-state index >= 15 is 0 Å². The summed E-state index contributed by atoms with van der Waals surface area (Å²) in [6.45, 7) is 9.36. The zero-order valence-electron chi connectivity index (χ0n) is 10.0. The Morgan fingerprint density at radius 1 is 1.50 bits per heavy atom. The summed E-state index contributed by atoms with van der Waals surface area (Å²) < 4.78 is 14.8. The third-order valence-electron chi connectivity index (χ3n) is 2.05. The second-order valence-electron chi connectivity index (χ2n) is 3.40. The van der Waals surface area contributed by atoms with Crippen LogP contribution >= 0.6 is 0 Å². The maximum Gasteiger partial charge on any atom is 0.335 e. The van der Waals surface area contributed by atoms with E-state index in [1.54, 1.807) is 13.2 Å². The zero-order valence-corrected chi connectivity index (χ0v) is 10.0. The van der Waals surface area contributed by atoms with Gasteiger partial charge in [0.25, 0.3) is 0 Å². The third-order valence-corrected chi connectivity index (χ3v) is 2.05. The minimum atomic E-state index is -0.424. The van der Waals surface area contributed by atoms with Gasteiger partial charge in [0.15, 0.2) is 6.79 Å². The number of hydrogen-bond acceptors (Lipinski definition) is 4. The molecule has 0 aromatic carbocycles. The predicted molar refractivity (Wildman–Crippen MR) is 62.0 cm³/mol. The Morgan fingerprint density at radius 2 is 2.19 bits per heavy atom. The van der Waals surface area contributed by atoms with Gasteiger partial charge in [-0.05, 0) is 19.8 Å². The van der Waals surface area contributed by atoms with E-state index < -0.39 is 5.97 Å². The topological polar surface area (TPSA) is 44.8 Å². The molecule has 0 aliphatic carbocycles. The second-order valence-corrected chi connectivity index (χ2v) is 3.40. The molecule has 0 aliphatic heterocycles. The van der Waals surface area contributed by atoms with Crippen LogP contribution in [0, 0.1) is 0 Å². The smallest absolute Gasteiger partial charge is 0.335 e. The Labute approximate surface area is 96.9 Å². The number of carbonyl (C=O) groups is 1. The number of ether oxygens (including phenoxy) is 3. The van der Waals surface area contributed by atoms with Gasteiger partial charge in [-0.2, -0.15) is 0 Å². The van der Waals surface area contributed by atoms with Gasteiger partial charge in [-0.1, -0.05) is 12.7 Å². The molecule has 0 radical (unpaired) electrons. The quantitative estimate of drug-likeness (QED) is 0.199. The highest BCUT2D eigenvalue weighted by Crippen LogP contribution is 2.09. The van der Waals surface area contributed by atoms with Crippen LogP contribution in [0.15, 0.2) is 24.8 Å². The number of rotatable bonds is 9. The second kappa shape index (κ2) is 9.12. The molecule has 1 unspecified atom stereocenters. The van der Waals surface area contributed by atoms with E-state index in [1.165, 1.54) is 0 Å². The van der Waals surface area contributed by atoms with Crippen LogP contribution in [0.3, 0.4) is 0 Å². The molecule has 0 rings (SSSR count). The summed E-state index contributed by atoms with van der Waals surface area (Å²) in [4.78, 5) is 11.3. The zero-order chi connectivity index (χ0) is 12.4. The Balaban J connectivity index is 3.65. The fraction of sp³-hybridized carbons (Fsp3) is 0.583. The molecule has 0 spiro atoms. The molecular formula is C12H20O4. The van der Waals surface area contributed by atoms with E-state index in [-0.39, 0.29) is 12.9 Å². The Hall–Kier alpha value is -1.13. The predicted octanol–water partition coefficient (Wildman–Crippen LogP) is 2.06. The first-order valence-electron chi connectivity index (χ1n) is 5.18. The highest BCUT2D eigenvalue weighted by molar-refractivity contribution is 5.87. The maximum absolute atomic E-state index is 11.3. The van der Waals surface area contributed by atoms with E-state index in [0.717, 1.165) is 6.42 Å². The average molecular weight is 228 g/mol. The minimum Gasteiger partial charge on any atom is -0.435 e. The lowest BCUT2D eigenvalue weighted by molar-refractivity contribution is -0.150. The van der Waals surface area contributed by atoms with Crippen LogP contribution in [0.4, 0.5) is 0 Å². The van der Waals surface area contributed by atoms with Crippen LogP contribution in [0.25, 0.3) is 0 Å². The summed E-state index contributed by atoms with van der Waals surface area (Å²) in [6, 6.07) is 0. The van der Waals surface area contributed by atoms with Crippen molar-refractivity contribution in [3.63, 3.8) is 0 Å². The van der Waals surface area contributed by atoms with Gasteiger partial charge < -0.3 is 14.2 Å². The van der Waals surface area contributed by atoms with Crippen LogP contribution in [0.1, 0.15) is 19.8 Å². The first-order chi connectivity index (χ1) is 7.61. The molecule has 0 bridgehead atoms. The molecule has 0 aliphatic rings. The molecule has 16 heavy (non-hydrogen) atoms. The van der Waals surface area contributed by atoms with Crippen molar-refractivity contribution < 1.29 is 19.0 Å². The molecule has 92 valence electrons. The van der Waals surface area contributed by atoms with Crippen molar-refractivity contribution in [3.8, 4) is 0 Å². The summed E-state index contributed by atoms with van der Waals surface area (Å²) in [7, 11) is 1.63. The van der Waals surface area contributed by atoms with Gasteiger partial charge in [-0.25, -0.2) is 4.79 Å². The average Bonchev–Trinajstić information content (AvgIpc) is 2.30. The largest absolute Gasteiger partial charge is 0.435 e. The minimum absolute atomic E-state index is 0.0658. The first-order valence-corrected chi connectivity index (χ1v) is 5.18. The van der Waals surface area contributed by atoms with Gasteiger partial charge in [0, 0.05) is 12.7 Å². The molecular weight excluding hydrogens is 208 g/mol. The Morgan fingerprint density at radius 3 is 2.75 bits per heavy atom. The fourth-order valence-corrected chi connectivity index (χ4v) is 0.926. The summed E-state index contributed by atoms with van der Waals surface area (Å²) >= 11 is 0. The normalized spacial score (nSPS) is 11.9.